The molecule has 5 rings (SSSR count). The number of hydrogen-bond donors (Lipinski definition) is 0. The molecular formula is C18H16ClN3O3. The van der Waals surface area contributed by atoms with Crippen LogP contribution >= 0.6 is 11.6 Å². The number of carbonyl (C=O) groups is 2. The first-order chi connectivity index (χ1) is 12.1. The van der Waals surface area contributed by atoms with Crippen LogP contribution in [0.2, 0.25) is 5.02 Å². The number of fused-ring (bicyclic) bond motifs is 5. The highest BCUT2D eigenvalue weighted by Crippen LogP contribution is 2.49. The fourth-order valence-corrected chi connectivity index (χ4v) is 4.56. The summed E-state index contributed by atoms with van der Waals surface area (Å²) in [5.74, 6) is -0.931. The summed E-state index contributed by atoms with van der Waals surface area (Å²) >= 11 is 6.01. The second-order valence-electron chi connectivity index (χ2n) is 6.88. The second kappa shape index (κ2) is 5.41. The number of hydrogen-bond acceptors (Lipinski definition) is 4. The smallest absolute Gasteiger partial charge is 0.240 e. The second-order valence-corrected chi connectivity index (χ2v) is 7.32. The summed E-state index contributed by atoms with van der Waals surface area (Å²) in [7, 11) is 0. The van der Waals surface area contributed by atoms with Crippen LogP contribution in [0.4, 0.5) is 5.69 Å². The highest BCUT2D eigenvalue weighted by atomic mass is 35.5. The molecule has 0 spiro atoms. The van der Waals surface area contributed by atoms with Crippen molar-refractivity contribution in [2.24, 2.45) is 11.8 Å². The third kappa shape index (κ3) is 2.24. The van der Waals surface area contributed by atoms with Crippen molar-refractivity contribution < 1.29 is 14.3 Å². The Morgan fingerprint density at radius 3 is 2.56 bits per heavy atom. The maximum atomic E-state index is 12.8. The number of carbonyl (C=O) groups excluding carboxylic acids is 2. The van der Waals surface area contributed by atoms with Crippen molar-refractivity contribution in [1.82, 2.24) is 9.78 Å². The zero-order valence-electron chi connectivity index (χ0n) is 13.3. The lowest BCUT2D eigenvalue weighted by atomic mass is 9.81. The maximum absolute atomic E-state index is 12.8. The Morgan fingerprint density at radius 1 is 1.16 bits per heavy atom. The van der Waals surface area contributed by atoms with Crippen LogP contribution in [0.15, 0.2) is 36.7 Å². The molecule has 0 unspecified atom stereocenters. The first-order valence-electron chi connectivity index (χ1n) is 8.42. The van der Waals surface area contributed by atoms with Gasteiger partial charge in [-0.1, -0.05) is 23.7 Å². The van der Waals surface area contributed by atoms with Gasteiger partial charge in [0.2, 0.25) is 11.8 Å². The Kier molecular flexibility index (Phi) is 3.27. The summed E-state index contributed by atoms with van der Waals surface area (Å²) in [6.07, 6.45) is 4.85. The van der Waals surface area contributed by atoms with Gasteiger partial charge in [0.1, 0.15) is 0 Å². The number of halogens is 1. The number of amides is 2. The molecule has 25 heavy (non-hydrogen) atoms. The molecule has 2 bridgehead atoms. The predicted octanol–water partition coefficient (Wildman–Crippen LogP) is 2.25. The van der Waals surface area contributed by atoms with E-state index in [-0.39, 0.29) is 35.9 Å². The quantitative estimate of drug-likeness (QED) is 0.790. The Morgan fingerprint density at radius 2 is 1.88 bits per heavy atom. The molecule has 0 aliphatic carbocycles. The molecule has 3 aliphatic rings. The van der Waals surface area contributed by atoms with E-state index >= 15 is 0 Å². The summed E-state index contributed by atoms with van der Waals surface area (Å²) < 4.78 is 7.47. The first kappa shape index (κ1) is 15.1. The molecular weight excluding hydrogens is 342 g/mol. The van der Waals surface area contributed by atoms with Gasteiger partial charge in [-0.3, -0.25) is 14.3 Å². The molecule has 6 nitrogen and oxygen atoms in total. The molecule has 3 aliphatic heterocycles. The third-order valence-corrected chi connectivity index (χ3v) is 5.63. The standard InChI is InChI=1S/C18H16ClN3O3/c19-11-3-1-2-10(6-11)8-21-9-12(7-20-21)22-17(23)15-13-4-5-14(25-13)16(15)18(22)24/h1-3,6-7,9,13-16H,4-5,8H2/t13-,14+,15-,16+. The van der Waals surface area contributed by atoms with Gasteiger partial charge < -0.3 is 4.74 Å². The minimum atomic E-state index is -0.317. The Hall–Kier alpha value is -2.18. The molecule has 4 atom stereocenters. The van der Waals surface area contributed by atoms with Crippen LogP contribution in [0.5, 0.6) is 0 Å². The minimum absolute atomic E-state index is 0.0991. The minimum Gasteiger partial charge on any atom is -0.373 e. The molecule has 0 saturated carbocycles. The van der Waals surface area contributed by atoms with Crippen molar-refractivity contribution in [3.63, 3.8) is 0 Å². The molecule has 0 N–H and O–H groups in total. The van der Waals surface area contributed by atoms with Gasteiger partial charge >= 0.3 is 0 Å². The highest BCUT2D eigenvalue weighted by molar-refractivity contribution is 6.30. The molecule has 2 aromatic rings. The number of nitrogens with zero attached hydrogens (tertiary/aromatic N) is 3. The maximum Gasteiger partial charge on any atom is 0.240 e. The fraction of sp³-hybridized carbons (Fsp3) is 0.389. The van der Waals surface area contributed by atoms with E-state index in [0.717, 1.165) is 18.4 Å². The van der Waals surface area contributed by atoms with Crippen molar-refractivity contribution >= 4 is 29.1 Å². The number of imide groups is 1. The molecule has 4 heterocycles. The molecule has 3 saturated heterocycles. The number of benzene rings is 1. The summed E-state index contributed by atoms with van der Waals surface area (Å²) in [5.41, 5.74) is 1.54. The summed E-state index contributed by atoms with van der Waals surface area (Å²) in [6.45, 7) is 0.526. The predicted molar refractivity (Wildman–Crippen MR) is 90.1 cm³/mol. The first-order valence-corrected chi connectivity index (χ1v) is 8.80. The third-order valence-electron chi connectivity index (χ3n) is 5.40. The van der Waals surface area contributed by atoms with E-state index in [9.17, 15) is 9.59 Å². The number of aromatic nitrogens is 2. The van der Waals surface area contributed by atoms with Gasteiger partial charge in [-0.25, -0.2) is 4.90 Å². The fourth-order valence-electron chi connectivity index (χ4n) is 4.34. The summed E-state index contributed by atoms with van der Waals surface area (Å²) in [6, 6.07) is 7.52. The molecule has 3 fully saturated rings. The van der Waals surface area contributed by atoms with Gasteiger partial charge in [0.15, 0.2) is 0 Å². The van der Waals surface area contributed by atoms with Crippen LogP contribution in [-0.2, 0) is 20.9 Å². The van der Waals surface area contributed by atoms with Gasteiger partial charge in [0.25, 0.3) is 0 Å². The van der Waals surface area contributed by atoms with E-state index in [0.29, 0.717) is 17.3 Å². The average Bonchev–Trinajstić information content (AvgIpc) is 3.33. The lowest BCUT2D eigenvalue weighted by molar-refractivity contribution is -0.124. The Labute approximate surface area is 149 Å². The van der Waals surface area contributed by atoms with E-state index in [1.54, 1.807) is 17.1 Å². The molecule has 128 valence electrons. The van der Waals surface area contributed by atoms with Crippen molar-refractivity contribution in [2.75, 3.05) is 4.90 Å². The molecule has 1 aromatic heterocycles. The van der Waals surface area contributed by atoms with Crippen LogP contribution in [-0.4, -0.2) is 33.8 Å². The van der Waals surface area contributed by atoms with Crippen LogP contribution in [0.3, 0.4) is 0 Å². The zero-order valence-corrected chi connectivity index (χ0v) is 14.1. The largest absolute Gasteiger partial charge is 0.373 e. The van der Waals surface area contributed by atoms with Gasteiger partial charge in [-0.15, -0.1) is 0 Å². The number of rotatable bonds is 3. The summed E-state index contributed by atoms with van der Waals surface area (Å²) in [5, 5.41) is 4.96. The highest BCUT2D eigenvalue weighted by Gasteiger charge is 2.62. The van der Waals surface area contributed by atoms with Crippen LogP contribution in [0.1, 0.15) is 18.4 Å². The Bertz CT molecular complexity index is 852. The number of ether oxygens (including phenoxy) is 1. The van der Waals surface area contributed by atoms with Crippen LogP contribution in [0.25, 0.3) is 0 Å². The number of anilines is 1. The molecule has 2 amide bonds. The Balaban J connectivity index is 1.40. The van der Waals surface area contributed by atoms with Crippen molar-refractivity contribution in [3.05, 3.63) is 47.2 Å². The van der Waals surface area contributed by atoms with Crippen LogP contribution in [0, 0.1) is 11.8 Å². The van der Waals surface area contributed by atoms with Gasteiger partial charge in [-0.2, -0.15) is 5.10 Å². The van der Waals surface area contributed by atoms with Crippen LogP contribution < -0.4 is 4.90 Å². The van der Waals surface area contributed by atoms with Gasteiger partial charge in [0.05, 0.1) is 42.5 Å². The summed E-state index contributed by atoms with van der Waals surface area (Å²) in [4.78, 5) is 26.8. The van der Waals surface area contributed by atoms with Crippen molar-refractivity contribution in [1.29, 1.82) is 0 Å². The molecule has 7 heteroatoms. The lowest BCUT2D eigenvalue weighted by Crippen LogP contribution is -2.33. The van der Waals surface area contributed by atoms with E-state index in [4.69, 9.17) is 16.3 Å². The zero-order chi connectivity index (χ0) is 17.1. The average molecular weight is 358 g/mol. The van der Waals surface area contributed by atoms with E-state index in [1.165, 1.54) is 4.90 Å². The van der Waals surface area contributed by atoms with E-state index in [2.05, 4.69) is 5.10 Å². The van der Waals surface area contributed by atoms with Crippen molar-refractivity contribution in [2.45, 2.75) is 31.6 Å². The molecule has 0 radical (unpaired) electrons. The normalized spacial score (nSPS) is 30.4. The molecule has 1 aromatic carbocycles. The van der Waals surface area contributed by atoms with E-state index < -0.39 is 0 Å². The van der Waals surface area contributed by atoms with Gasteiger partial charge in [-0.05, 0) is 30.5 Å². The topological polar surface area (TPSA) is 64.4 Å². The monoisotopic (exact) mass is 357 g/mol. The van der Waals surface area contributed by atoms with Gasteiger partial charge in [0, 0.05) is 11.2 Å². The van der Waals surface area contributed by atoms with Crippen molar-refractivity contribution in [3.8, 4) is 0 Å². The lowest BCUT2D eigenvalue weighted by Gasteiger charge is -2.15. The van der Waals surface area contributed by atoms with E-state index in [1.807, 2.05) is 24.3 Å². The SMILES string of the molecule is O=C1[C@@H]2[C@H](C(=O)N1c1cnn(Cc3cccc(Cl)c3)c1)[C@H]1CC[C@@H]2O1.